The largest absolute Gasteiger partial charge is 0.305 e. The van der Waals surface area contributed by atoms with E-state index in [1.54, 1.807) is 4.68 Å². The SMILES string of the molecule is CCCNC(c1ccc(C)nc1)c1c(Br)nnn1C. The zero-order chi connectivity index (χ0) is 13.8. The van der Waals surface area contributed by atoms with Crippen LogP contribution in [0.2, 0.25) is 0 Å². The van der Waals surface area contributed by atoms with Gasteiger partial charge in [0.05, 0.1) is 11.7 Å². The average Bonchev–Trinajstić information content (AvgIpc) is 2.73. The number of nitrogens with one attached hydrogen (secondary N) is 1. The molecule has 102 valence electrons. The van der Waals surface area contributed by atoms with Gasteiger partial charge in [-0.1, -0.05) is 18.2 Å². The number of nitrogens with zero attached hydrogens (tertiary/aromatic N) is 4. The van der Waals surface area contributed by atoms with Gasteiger partial charge in [0, 0.05) is 18.9 Å². The van der Waals surface area contributed by atoms with Crippen LogP contribution in [0.3, 0.4) is 0 Å². The molecule has 6 heteroatoms. The second-order valence-corrected chi connectivity index (χ2v) is 5.26. The number of rotatable bonds is 5. The fourth-order valence-corrected chi connectivity index (χ4v) is 2.51. The van der Waals surface area contributed by atoms with Gasteiger partial charge in [-0.2, -0.15) is 0 Å². The van der Waals surface area contributed by atoms with Crippen molar-refractivity contribution in [3.8, 4) is 0 Å². The van der Waals surface area contributed by atoms with Gasteiger partial charge in [0.15, 0.2) is 4.60 Å². The molecule has 0 spiro atoms. The van der Waals surface area contributed by atoms with E-state index in [4.69, 9.17) is 0 Å². The Morgan fingerprint density at radius 1 is 1.42 bits per heavy atom. The van der Waals surface area contributed by atoms with E-state index in [0.29, 0.717) is 0 Å². The van der Waals surface area contributed by atoms with Gasteiger partial charge >= 0.3 is 0 Å². The monoisotopic (exact) mass is 323 g/mol. The maximum atomic E-state index is 4.37. The van der Waals surface area contributed by atoms with Gasteiger partial charge in [-0.25, -0.2) is 4.68 Å². The van der Waals surface area contributed by atoms with Crippen molar-refractivity contribution in [1.82, 2.24) is 25.3 Å². The molecule has 1 atom stereocenters. The summed E-state index contributed by atoms with van der Waals surface area (Å²) < 4.78 is 2.56. The highest BCUT2D eigenvalue weighted by Gasteiger charge is 2.21. The molecule has 1 unspecified atom stereocenters. The molecule has 0 aromatic carbocycles. The van der Waals surface area contributed by atoms with Crippen molar-refractivity contribution < 1.29 is 0 Å². The predicted octanol–water partition coefficient (Wildman–Crippen LogP) is 2.37. The van der Waals surface area contributed by atoms with E-state index >= 15 is 0 Å². The van der Waals surface area contributed by atoms with Crippen LogP contribution in [0.1, 0.15) is 36.3 Å². The first-order valence-corrected chi connectivity index (χ1v) is 7.13. The minimum atomic E-state index is 0.0439. The maximum Gasteiger partial charge on any atom is 0.153 e. The number of aryl methyl sites for hydroxylation is 2. The second-order valence-electron chi connectivity index (χ2n) is 4.51. The van der Waals surface area contributed by atoms with Crippen LogP contribution in [0.25, 0.3) is 0 Å². The molecule has 0 aliphatic carbocycles. The van der Waals surface area contributed by atoms with E-state index in [9.17, 15) is 0 Å². The minimum Gasteiger partial charge on any atom is -0.305 e. The van der Waals surface area contributed by atoms with Crippen molar-refractivity contribution in [3.63, 3.8) is 0 Å². The Balaban J connectivity index is 2.38. The van der Waals surface area contributed by atoms with Crippen LogP contribution in [0.15, 0.2) is 22.9 Å². The molecule has 0 saturated carbocycles. The van der Waals surface area contributed by atoms with E-state index < -0.39 is 0 Å². The summed E-state index contributed by atoms with van der Waals surface area (Å²) in [5.74, 6) is 0. The fraction of sp³-hybridized carbons (Fsp3) is 0.462. The highest BCUT2D eigenvalue weighted by atomic mass is 79.9. The van der Waals surface area contributed by atoms with E-state index in [1.165, 1.54) is 0 Å². The molecule has 0 saturated heterocycles. The van der Waals surface area contributed by atoms with Gasteiger partial charge in [0.1, 0.15) is 0 Å². The third-order valence-corrected chi connectivity index (χ3v) is 3.53. The zero-order valence-corrected chi connectivity index (χ0v) is 13.0. The van der Waals surface area contributed by atoms with Gasteiger partial charge in [-0.05, 0) is 47.4 Å². The molecule has 2 rings (SSSR count). The molecule has 0 aliphatic heterocycles. The van der Waals surface area contributed by atoms with Crippen LogP contribution < -0.4 is 5.32 Å². The fourth-order valence-electron chi connectivity index (χ4n) is 1.96. The van der Waals surface area contributed by atoms with Gasteiger partial charge in [0.2, 0.25) is 0 Å². The van der Waals surface area contributed by atoms with Gasteiger partial charge in [0.25, 0.3) is 0 Å². The highest BCUT2D eigenvalue weighted by Crippen LogP contribution is 2.26. The first kappa shape index (κ1) is 14.1. The maximum absolute atomic E-state index is 4.37. The van der Waals surface area contributed by atoms with Crippen LogP contribution >= 0.6 is 15.9 Å². The molecule has 2 aromatic rings. The summed E-state index contributed by atoms with van der Waals surface area (Å²) in [4.78, 5) is 4.37. The summed E-state index contributed by atoms with van der Waals surface area (Å²) in [7, 11) is 1.90. The standard InChI is InChI=1S/C13H18BrN5/c1-4-7-15-11(10-6-5-9(2)16-8-10)12-13(14)17-18-19(12)3/h5-6,8,11,15H,4,7H2,1-3H3. The van der Waals surface area contributed by atoms with Crippen LogP contribution in [-0.4, -0.2) is 26.5 Å². The minimum absolute atomic E-state index is 0.0439. The normalized spacial score (nSPS) is 12.6. The van der Waals surface area contributed by atoms with E-state index in [1.807, 2.05) is 26.2 Å². The van der Waals surface area contributed by atoms with Crippen molar-refractivity contribution in [2.75, 3.05) is 6.54 Å². The predicted molar refractivity (Wildman–Crippen MR) is 77.8 cm³/mol. The van der Waals surface area contributed by atoms with Crippen LogP contribution in [-0.2, 0) is 7.05 Å². The molecule has 2 heterocycles. The molecule has 0 bridgehead atoms. The summed E-state index contributed by atoms with van der Waals surface area (Å²) >= 11 is 3.47. The lowest BCUT2D eigenvalue weighted by atomic mass is 10.1. The Morgan fingerprint density at radius 2 is 2.21 bits per heavy atom. The number of hydrogen-bond acceptors (Lipinski definition) is 4. The lowest BCUT2D eigenvalue weighted by Crippen LogP contribution is -2.25. The molecule has 0 aliphatic rings. The van der Waals surface area contributed by atoms with Crippen molar-refractivity contribution >= 4 is 15.9 Å². The summed E-state index contributed by atoms with van der Waals surface area (Å²) in [5, 5.41) is 11.6. The van der Waals surface area contributed by atoms with Gasteiger partial charge < -0.3 is 5.32 Å². The first-order valence-electron chi connectivity index (χ1n) is 6.34. The van der Waals surface area contributed by atoms with E-state index in [-0.39, 0.29) is 6.04 Å². The van der Waals surface area contributed by atoms with Crippen molar-refractivity contribution in [3.05, 3.63) is 39.9 Å². The van der Waals surface area contributed by atoms with Crippen molar-refractivity contribution in [2.45, 2.75) is 26.3 Å². The molecule has 0 amide bonds. The van der Waals surface area contributed by atoms with Crippen LogP contribution in [0, 0.1) is 6.92 Å². The summed E-state index contributed by atoms with van der Waals surface area (Å²) in [6.45, 7) is 5.06. The van der Waals surface area contributed by atoms with Crippen molar-refractivity contribution in [1.29, 1.82) is 0 Å². The first-order chi connectivity index (χ1) is 9.13. The summed E-state index contributed by atoms with van der Waals surface area (Å²) in [5.41, 5.74) is 3.14. The lowest BCUT2D eigenvalue weighted by molar-refractivity contribution is 0.548. The summed E-state index contributed by atoms with van der Waals surface area (Å²) in [6.07, 6.45) is 2.97. The molecule has 2 aromatic heterocycles. The third-order valence-electron chi connectivity index (χ3n) is 2.97. The Kier molecular flexibility index (Phi) is 4.66. The number of hydrogen-bond donors (Lipinski definition) is 1. The van der Waals surface area contributed by atoms with Crippen molar-refractivity contribution in [2.24, 2.45) is 7.05 Å². The molecular formula is C13H18BrN5. The van der Waals surface area contributed by atoms with Crippen LogP contribution in [0.4, 0.5) is 0 Å². The zero-order valence-electron chi connectivity index (χ0n) is 11.4. The highest BCUT2D eigenvalue weighted by molar-refractivity contribution is 9.10. The Hall–Kier alpha value is -1.27. The second kappa shape index (κ2) is 6.25. The van der Waals surface area contributed by atoms with Gasteiger partial charge in [-0.3, -0.25) is 4.98 Å². The molecular weight excluding hydrogens is 306 g/mol. The Bertz CT molecular complexity index is 515. The number of aromatic nitrogens is 4. The topological polar surface area (TPSA) is 55.6 Å². The summed E-state index contributed by atoms with van der Waals surface area (Å²) in [6, 6.07) is 4.16. The molecule has 0 radical (unpaired) electrons. The van der Waals surface area contributed by atoms with Crippen LogP contribution in [0.5, 0.6) is 0 Å². The van der Waals surface area contributed by atoms with E-state index in [2.05, 4.69) is 49.5 Å². The van der Waals surface area contributed by atoms with Gasteiger partial charge in [-0.15, -0.1) is 5.10 Å². The molecule has 0 fully saturated rings. The lowest BCUT2D eigenvalue weighted by Gasteiger charge is -2.19. The molecule has 5 nitrogen and oxygen atoms in total. The number of pyridine rings is 1. The number of halogens is 1. The van der Waals surface area contributed by atoms with E-state index in [0.717, 1.165) is 34.5 Å². The smallest absolute Gasteiger partial charge is 0.153 e. The molecule has 19 heavy (non-hydrogen) atoms. The Morgan fingerprint density at radius 3 is 2.74 bits per heavy atom. The molecule has 1 N–H and O–H groups in total. The quantitative estimate of drug-likeness (QED) is 0.917. The average molecular weight is 324 g/mol. The third kappa shape index (κ3) is 3.19. The Labute approximate surface area is 121 Å².